The Morgan fingerprint density at radius 2 is 1.89 bits per heavy atom. The van der Waals surface area contributed by atoms with Gasteiger partial charge in [0.15, 0.2) is 5.78 Å². The maximum atomic E-state index is 12.6. The standard InChI is InChI=1S/C23H34ClN3O/c1-3-23(4-2,12-5-13-25)18-26-14-17-27-15-10-20(11-16-27)22(28)19-6-8-21(24)9-7-19/h6-9,20,26H,3-5,10-12,14-18H2,1-2H3. The lowest BCUT2D eigenvalue weighted by molar-refractivity contribution is 0.0840. The fourth-order valence-corrected chi connectivity index (χ4v) is 4.25. The van der Waals surface area contributed by atoms with Crippen LogP contribution in [0.25, 0.3) is 0 Å². The topological polar surface area (TPSA) is 56.1 Å². The predicted octanol–water partition coefficient (Wildman–Crippen LogP) is 4.93. The minimum absolute atomic E-state index is 0.129. The van der Waals surface area contributed by atoms with Gasteiger partial charge in [-0.3, -0.25) is 4.79 Å². The molecule has 0 unspecified atom stereocenters. The van der Waals surface area contributed by atoms with Gasteiger partial charge in [0.2, 0.25) is 0 Å². The molecule has 0 saturated carbocycles. The van der Waals surface area contributed by atoms with Crippen molar-refractivity contribution in [2.24, 2.45) is 11.3 Å². The quantitative estimate of drug-likeness (QED) is 0.420. The summed E-state index contributed by atoms with van der Waals surface area (Å²) in [6, 6.07) is 9.54. The lowest BCUT2D eigenvalue weighted by atomic mass is 9.78. The number of hydrogen-bond acceptors (Lipinski definition) is 4. The Balaban J connectivity index is 1.70. The molecule has 28 heavy (non-hydrogen) atoms. The van der Waals surface area contributed by atoms with Gasteiger partial charge in [-0.2, -0.15) is 5.26 Å². The second kappa shape index (κ2) is 11.6. The summed E-state index contributed by atoms with van der Waals surface area (Å²) >= 11 is 5.92. The largest absolute Gasteiger partial charge is 0.315 e. The number of nitrogens with zero attached hydrogens (tertiary/aromatic N) is 2. The third kappa shape index (κ3) is 6.58. The highest BCUT2D eigenvalue weighted by Gasteiger charge is 2.27. The number of benzene rings is 1. The molecule has 0 aromatic heterocycles. The van der Waals surface area contributed by atoms with Crippen molar-refractivity contribution >= 4 is 17.4 Å². The van der Waals surface area contributed by atoms with E-state index in [0.29, 0.717) is 11.4 Å². The van der Waals surface area contributed by atoms with Crippen molar-refractivity contribution in [3.8, 4) is 6.07 Å². The lowest BCUT2D eigenvalue weighted by Gasteiger charge is -2.33. The zero-order chi connectivity index (χ0) is 20.4. The van der Waals surface area contributed by atoms with Crippen LogP contribution in [0.3, 0.4) is 0 Å². The van der Waals surface area contributed by atoms with Gasteiger partial charge < -0.3 is 10.2 Å². The highest BCUT2D eigenvalue weighted by Crippen LogP contribution is 2.31. The van der Waals surface area contributed by atoms with Gasteiger partial charge in [0.05, 0.1) is 6.07 Å². The maximum absolute atomic E-state index is 12.6. The molecular formula is C23H34ClN3O. The second-order valence-electron chi connectivity index (χ2n) is 8.03. The van der Waals surface area contributed by atoms with E-state index in [1.54, 1.807) is 12.1 Å². The van der Waals surface area contributed by atoms with E-state index in [4.69, 9.17) is 16.9 Å². The van der Waals surface area contributed by atoms with Crippen LogP contribution >= 0.6 is 11.6 Å². The smallest absolute Gasteiger partial charge is 0.166 e. The monoisotopic (exact) mass is 403 g/mol. The zero-order valence-electron chi connectivity index (χ0n) is 17.3. The maximum Gasteiger partial charge on any atom is 0.166 e. The molecule has 0 spiro atoms. The Hall–Kier alpha value is -1.41. The molecule has 0 bridgehead atoms. The first kappa shape index (κ1) is 22.9. The van der Waals surface area contributed by atoms with Gasteiger partial charge in [-0.15, -0.1) is 0 Å². The molecule has 4 nitrogen and oxygen atoms in total. The van der Waals surface area contributed by atoms with E-state index in [-0.39, 0.29) is 17.1 Å². The number of rotatable bonds is 11. The molecule has 1 heterocycles. The van der Waals surface area contributed by atoms with E-state index in [9.17, 15) is 4.79 Å². The molecule has 154 valence electrons. The number of ketones is 1. The van der Waals surface area contributed by atoms with E-state index in [0.717, 1.165) is 70.4 Å². The van der Waals surface area contributed by atoms with E-state index >= 15 is 0 Å². The van der Waals surface area contributed by atoms with Crippen molar-refractivity contribution in [2.75, 3.05) is 32.7 Å². The summed E-state index contributed by atoms with van der Waals surface area (Å²) < 4.78 is 0. The molecule has 2 rings (SSSR count). The molecule has 0 atom stereocenters. The SMILES string of the molecule is CCC(CC)(CCC#N)CNCCN1CCC(C(=O)c2ccc(Cl)cc2)CC1. The number of hydrogen-bond donors (Lipinski definition) is 1. The van der Waals surface area contributed by atoms with Crippen molar-refractivity contribution in [1.29, 1.82) is 5.26 Å². The van der Waals surface area contributed by atoms with Gasteiger partial charge in [0.1, 0.15) is 0 Å². The second-order valence-corrected chi connectivity index (χ2v) is 8.47. The number of Topliss-reactive ketones (excluding diaryl/α,β-unsaturated/α-hetero) is 1. The van der Waals surface area contributed by atoms with Gasteiger partial charge in [-0.1, -0.05) is 25.4 Å². The summed E-state index contributed by atoms with van der Waals surface area (Å²) in [6.45, 7) is 9.37. The van der Waals surface area contributed by atoms with Crippen LogP contribution in [0.5, 0.6) is 0 Å². The summed E-state index contributed by atoms with van der Waals surface area (Å²) in [4.78, 5) is 15.1. The molecule has 1 aliphatic heterocycles. The molecule has 1 fully saturated rings. The number of piperidine rings is 1. The van der Waals surface area contributed by atoms with Crippen molar-refractivity contribution in [2.45, 2.75) is 52.4 Å². The molecule has 0 aliphatic carbocycles. The molecule has 0 amide bonds. The highest BCUT2D eigenvalue weighted by atomic mass is 35.5. The van der Waals surface area contributed by atoms with Crippen molar-refractivity contribution in [3.05, 3.63) is 34.9 Å². The summed E-state index contributed by atoms with van der Waals surface area (Å²) in [5.74, 6) is 0.381. The van der Waals surface area contributed by atoms with E-state index in [1.165, 1.54) is 0 Å². The lowest BCUT2D eigenvalue weighted by Crippen LogP contribution is -2.42. The molecule has 1 aliphatic rings. The molecule has 1 saturated heterocycles. The molecule has 1 N–H and O–H groups in total. The Bertz CT molecular complexity index is 641. The fraction of sp³-hybridized carbons (Fsp3) is 0.652. The van der Waals surface area contributed by atoms with Crippen LogP contribution in [0, 0.1) is 22.7 Å². The Labute approximate surface area is 175 Å². The summed E-state index contributed by atoms with van der Waals surface area (Å²) in [5, 5.41) is 13.2. The normalized spacial score (nSPS) is 16.1. The molecule has 0 radical (unpaired) electrons. The van der Waals surface area contributed by atoms with Crippen LogP contribution < -0.4 is 5.32 Å². The number of carbonyl (C=O) groups is 1. The molecule has 5 heteroatoms. The van der Waals surface area contributed by atoms with E-state index in [2.05, 4.69) is 30.1 Å². The zero-order valence-corrected chi connectivity index (χ0v) is 18.1. The number of halogens is 1. The third-order valence-electron chi connectivity index (χ3n) is 6.46. The predicted molar refractivity (Wildman–Crippen MR) is 116 cm³/mol. The van der Waals surface area contributed by atoms with Crippen LogP contribution in [0.2, 0.25) is 5.02 Å². The van der Waals surface area contributed by atoms with Gasteiger partial charge >= 0.3 is 0 Å². The van der Waals surface area contributed by atoms with Crippen LogP contribution in [-0.4, -0.2) is 43.4 Å². The summed E-state index contributed by atoms with van der Waals surface area (Å²) in [7, 11) is 0. The third-order valence-corrected chi connectivity index (χ3v) is 6.71. The van der Waals surface area contributed by atoms with Crippen LogP contribution in [0.1, 0.15) is 62.7 Å². The van der Waals surface area contributed by atoms with Crippen molar-refractivity contribution < 1.29 is 4.79 Å². The van der Waals surface area contributed by atoms with Gasteiger partial charge in [-0.05, 0) is 74.9 Å². The first-order chi connectivity index (χ1) is 13.5. The molecular weight excluding hydrogens is 370 g/mol. The average molecular weight is 404 g/mol. The van der Waals surface area contributed by atoms with Crippen molar-refractivity contribution in [3.63, 3.8) is 0 Å². The van der Waals surface area contributed by atoms with Gasteiger partial charge in [0.25, 0.3) is 0 Å². The molecule has 1 aromatic carbocycles. The van der Waals surface area contributed by atoms with Gasteiger partial charge in [0, 0.05) is 42.6 Å². The highest BCUT2D eigenvalue weighted by molar-refractivity contribution is 6.30. The first-order valence-corrected chi connectivity index (χ1v) is 11.0. The first-order valence-electron chi connectivity index (χ1n) is 10.6. The van der Waals surface area contributed by atoms with E-state index in [1.807, 2.05) is 12.1 Å². The van der Waals surface area contributed by atoms with Crippen molar-refractivity contribution in [1.82, 2.24) is 10.2 Å². The van der Waals surface area contributed by atoms with E-state index < -0.39 is 0 Å². The number of likely N-dealkylation sites (tertiary alicyclic amines) is 1. The van der Waals surface area contributed by atoms with Gasteiger partial charge in [-0.25, -0.2) is 0 Å². The molecule has 1 aromatic rings. The number of carbonyl (C=O) groups excluding carboxylic acids is 1. The number of nitrogens with one attached hydrogen (secondary N) is 1. The summed E-state index contributed by atoms with van der Waals surface area (Å²) in [5.41, 5.74) is 1.02. The Morgan fingerprint density at radius 3 is 2.46 bits per heavy atom. The average Bonchev–Trinajstić information content (AvgIpc) is 2.74. The number of nitriles is 1. The Morgan fingerprint density at radius 1 is 1.25 bits per heavy atom. The minimum atomic E-state index is 0.129. The minimum Gasteiger partial charge on any atom is -0.315 e. The Kier molecular flexibility index (Phi) is 9.44. The fourth-order valence-electron chi connectivity index (χ4n) is 4.12. The summed E-state index contributed by atoms with van der Waals surface area (Å²) in [6.07, 6.45) is 5.68. The van der Waals surface area contributed by atoms with Crippen LogP contribution in [-0.2, 0) is 0 Å². The van der Waals surface area contributed by atoms with Crippen LogP contribution in [0.4, 0.5) is 0 Å². The van der Waals surface area contributed by atoms with Crippen LogP contribution in [0.15, 0.2) is 24.3 Å².